The number of rotatable bonds is 8. The highest BCUT2D eigenvalue weighted by molar-refractivity contribution is 5.79. The fourth-order valence-corrected chi connectivity index (χ4v) is 2.21. The van der Waals surface area contributed by atoms with Gasteiger partial charge in [-0.1, -0.05) is 25.9 Å². The van der Waals surface area contributed by atoms with Crippen molar-refractivity contribution in [1.29, 1.82) is 0 Å². The van der Waals surface area contributed by atoms with Crippen LogP contribution in [-0.4, -0.2) is 39.0 Å². The minimum atomic E-state index is 0.356. The summed E-state index contributed by atoms with van der Waals surface area (Å²) in [5.74, 6) is 2.87. The molecule has 0 atom stereocenters. The van der Waals surface area contributed by atoms with Crippen molar-refractivity contribution in [2.75, 3.05) is 13.1 Å². The molecule has 132 valence electrons. The van der Waals surface area contributed by atoms with Crippen LogP contribution in [0.3, 0.4) is 0 Å². The molecule has 0 aliphatic heterocycles. The molecule has 2 aromatic heterocycles. The molecule has 2 N–H and O–H groups in total. The van der Waals surface area contributed by atoms with E-state index in [4.69, 9.17) is 4.52 Å². The number of aromatic nitrogens is 4. The fourth-order valence-electron chi connectivity index (χ4n) is 2.21. The average molecular weight is 333 g/mol. The molecule has 0 unspecified atom stereocenters. The van der Waals surface area contributed by atoms with Crippen LogP contribution in [0.4, 0.5) is 0 Å². The number of nitrogens with one attached hydrogen (secondary N) is 2. The number of hydrogen-bond acceptors (Lipinski definition) is 5. The first kappa shape index (κ1) is 18.0. The van der Waals surface area contributed by atoms with E-state index in [-0.39, 0.29) is 0 Å². The quantitative estimate of drug-likeness (QED) is 0.564. The van der Waals surface area contributed by atoms with Gasteiger partial charge in [-0.25, -0.2) is 4.99 Å². The third-order valence-electron chi connectivity index (χ3n) is 3.56. The normalized spacial score (nSPS) is 12.0. The van der Waals surface area contributed by atoms with Crippen LogP contribution in [0.1, 0.15) is 50.9 Å². The van der Waals surface area contributed by atoms with E-state index in [1.807, 2.05) is 17.6 Å². The van der Waals surface area contributed by atoms with Crippen molar-refractivity contribution in [1.82, 2.24) is 30.6 Å². The second kappa shape index (κ2) is 9.05. The van der Waals surface area contributed by atoms with Gasteiger partial charge >= 0.3 is 0 Å². The smallest absolute Gasteiger partial charge is 0.191 e. The lowest BCUT2D eigenvalue weighted by molar-refractivity contribution is 0.376. The molecular weight excluding hydrogens is 306 g/mol. The van der Waals surface area contributed by atoms with Gasteiger partial charge in [-0.2, -0.15) is 0 Å². The molecule has 0 saturated heterocycles. The van der Waals surface area contributed by atoms with E-state index in [0.29, 0.717) is 12.5 Å². The van der Waals surface area contributed by atoms with Gasteiger partial charge in [0.05, 0.1) is 5.69 Å². The summed E-state index contributed by atoms with van der Waals surface area (Å²) in [6.07, 6.45) is 2.63. The maximum absolute atomic E-state index is 5.31. The second-order valence-corrected chi connectivity index (χ2v) is 5.79. The second-order valence-electron chi connectivity index (χ2n) is 5.79. The van der Waals surface area contributed by atoms with Crippen LogP contribution in [0, 0.1) is 0 Å². The van der Waals surface area contributed by atoms with Gasteiger partial charge in [-0.15, -0.1) is 10.2 Å². The maximum Gasteiger partial charge on any atom is 0.191 e. The zero-order chi connectivity index (χ0) is 17.4. The molecule has 2 heterocycles. The first-order valence-electron chi connectivity index (χ1n) is 8.48. The van der Waals surface area contributed by atoms with Crippen molar-refractivity contribution in [3.05, 3.63) is 29.7 Å². The average Bonchev–Trinajstić information content (AvgIpc) is 3.21. The molecule has 24 heavy (non-hydrogen) atoms. The first-order chi connectivity index (χ1) is 11.6. The summed E-state index contributed by atoms with van der Waals surface area (Å²) in [6.45, 7) is 11.1. The molecule has 8 nitrogen and oxygen atoms in total. The van der Waals surface area contributed by atoms with Gasteiger partial charge in [0, 0.05) is 32.1 Å². The van der Waals surface area contributed by atoms with E-state index < -0.39 is 0 Å². The van der Waals surface area contributed by atoms with Gasteiger partial charge in [0.2, 0.25) is 0 Å². The van der Waals surface area contributed by atoms with Crippen molar-refractivity contribution in [2.24, 2.45) is 4.99 Å². The van der Waals surface area contributed by atoms with E-state index in [1.165, 1.54) is 0 Å². The van der Waals surface area contributed by atoms with E-state index in [9.17, 15) is 0 Å². The Morgan fingerprint density at radius 3 is 2.83 bits per heavy atom. The van der Waals surface area contributed by atoms with Crippen molar-refractivity contribution in [2.45, 2.75) is 53.1 Å². The Labute approximate surface area is 142 Å². The summed E-state index contributed by atoms with van der Waals surface area (Å²) in [6, 6.07) is 1.96. The van der Waals surface area contributed by atoms with Gasteiger partial charge in [-0.05, 0) is 12.8 Å². The number of aliphatic imine (C=N–C) groups is 1. The monoisotopic (exact) mass is 333 g/mol. The molecule has 0 radical (unpaired) electrons. The Kier molecular flexibility index (Phi) is 6.77. The van der Waals surface area contributed by atoms with Gasteiger partial charge in [0.1, 0.15) is 18.7 Å². The van der Waals surface area contributed by atoms with Crippen LogP contribution in [-0.2, 0) is 19.5 Å². The molecule has 0 aliphatic rings. The van der Waals surface area contributed by atoms with Crippen molar-refractivity contribution in [3.8, 4) is 0 Å². The Balaban J connectivity index is 1.88. The standard InChI is InChI=1S/C16H27N7O/c1-5-15-21-20-11-23(15)8-7-18-16(17-6-2)19-10-13-9-14(12(3)4)22-24-13/h9,11-12H,5-8,10H2,1-4H3,(H2,17,18,19). The largest absolute Gasteiger partial charge is 0.359 e. The van der Waals surface area contributed by atoms with Gasteiger partial charge in [0.25, 0.3) is 0 Å². The highest BCUT2D eigenvalue weighted by atomic mass is 16.5. The molecule has 0 aliphatic carbocycles. The van der Waals surface area contributed by atoms with E-state index in [1.54, 1.807) is 6.33 Å². The van der Waals surface area contributed by atoms with Gasteiger partial charge < -0.3 is 19.7 Å². The summed E-state index contributed by atoms with van der Waals surface area (Å²) in [4.78, 5) is 4.54. The van der Waals surface area contributed by atoms with Crippen LogP contribution in [0.2, 0.25) is 0 Å². The number of aryl methyl sites for hydroxylation is 1. The summed E-state index contributed by atoms with van der Waals surface area (Å²) < 4.78 is 7.36. The topological polar surface area (TPSA) is 93.2 Å². The van der Waals surface area contributed by atoms with Gasteiger partial charge in [0.15, 0.2) is 11.7 Å². The fraction of sp³-hybridized carbons (Fsp3) is 0.625. The lowest BCUT2D eigenvalue weighted by Crippen LogP contribution is -2.38. The molecular formula is C16H27N7O. The molecule has 8 heteroatoms. The zero-order valence-electron chi connectivity index (χ0n) is 14.9. The Bertz CT molecular complexity index is 644. The lowest BCUT2D eigenvalue weighted by atomic mass is 10.1. The minimum absolute atomic E-state index is 0.356. The third kappa shape index (κ3) is 5.07. The van der Waals surface area contributed by atoms with E-state index >= 15 is 0 Å². The van der Waals surface area contributed by atoms with Crippen LogP contribution < -0.4 is 10.6 Å². The van der Waals surface area contributed by atoms with E-state index in [0.717, 1.165) is 49.3 Å². The van der Waals surface area contributed by atoms with Crippen molar-refractivity contribution >= 4 is 5.96 Å². The molecule has 0 spiro atoms. The summed E-state index contributed by atoms with van der Waals surface area (Å²) in [7, 11) is 0. The van der Waals surface area contributed by atoms with Crippen molar-refractivity contribution < 1.29 is 4.52 Å². The molecule has 0 saturated carbocycles. The Hall–Kier alpha value is -2.38. The predicted octanol–water partition coefficient (Wildman–Crippen LogP) is 1.71. The van der Waals surface area contributed by atoms with Crippen LogP contribution in [0.5, 0.6) is 0 Å². The minimum Gasteiger partial charge on any atom is -0.359 e. The van der Waals surface area contributed by atoms with Gasteiger partial charge in [-0.3, -0.25) is 0 Å². The van der Waals surface area contributed by atoms with Crippen LogP contribution in [0.25, 0.3) is 0 Å². The SMILES string of the molecule is CCNC(=NCc1cc(C(C)C)no1)NCCn1cnnc1CC. The number of nitrogens with zero attached hydrogens (tertiary/aromatic N) is 5. The van der Waals surface area contributed by atoms with Crippen LogP contribution in [0.15, 0.2) is 21.9 Å². The lowest BCUT2D eigenvalue weighted by Gasteiger charge is -2.11. The molecule has 0 amide bonds. The zero-order valence-corrected chi connectivity index (χ0v) is 14.9. The molecule has 2 aromatic rings. The van der Waals surface area contributed by atoms with Crippen LogP contribution >= 0.6 is 0 Å². The molecule has 0 aromatic carbocycles. The highest BCUT2D eigenvalue weighted by Crippen LogP contribution is 2.14. The molecule has 0 fully saturated rings. The molecule has 2 rings (SSSR count). The van der Waals surface area contributed by atoms with Crippen molar-refractivity contribution in [3.63, 3.8) is 0 Å². The Morgan fingerprint density at radius 2 is 2.17 bits per heavy atom. The first-order valence-corrected chi connectivity index (χ1v) is 8.48. The van der Waals surface area contributed by atoms with E-state index in [2.05, 4.69) is 51.8 Å². The Morgan fingerprint density at radius 1 is 1.33 bits per heavy atom. The summed E-state index contributed by atoms with van der Waals surface area (Å²) >= 11 is 0. The summed E-state index contributed by atoms with van der Waals surface area (Å²) in [5, 5.41) is 18.6. The highest BCUT2D eigenvalue weighted by Gasteiger charge is 2.07. The maximum atomic E-state index is 5.31. The number of hydrogen-bond donors (Lipinski definition) is 2. The third-order valence-corrected chi connectivity index (χ3v) is 3.56. The number of guanidine groups is 1. The summed E-state index contributed by atoms with van der Waals surface area (Å²) in [5.41, 5.74) is 0.956. The predicted molar refractivity (Wildman–Crippen MR) is 92.8 cm³/mol. The molecule has 0 bridgehead atoms.